The van der Waals surface area contributed by atoms with E-state index in [4.69, 9.17) is 4.74 Å². The summed E-state index contributed by atoms with van der Waals surface area (Å²) < 4.78 is 21.3. The van der Waals surface area contributed by atoms with Crippen molar-refractivity contribution < 1.29 is 23.5 Å². The molecule has 0 saturated carbocycles. The molecule has 0 spiro atoms. The van der Waals surface area contributed by atoms with Crippen LogP contribution in [0.5, 0.6) is 0 Å². The van der Waals surface area contributed by atoms with Crippen LogP contribution in [0.25, 0.3) is 5.69 Å². The van der Waals surface area contributed by atoms with Gasteiger partial charge in [-0.05, 0) is 18.2 Å². The third-order valence-electron chi connectivity index (χ3n) is 4.37. The average molecular weight is 445 g/mol. The van der Waals surface area contributed by atoms with Crippen LogP contribution < -0.4 is 15.5 Å². The summed E-state index contributed by atoms with van der Waals surface area (Å²) in [7, 11) is 0. The van der Waals surface area contributed by atoms with Crippen LogP contribution >= 0.6 is 11.3 Å². The Hall–Kier alpha value is -3.87. The van der Waals surface area contributed by atoms with Crippen LogP contribution in [0.15, 0.2) is 36.2 Å². The van der Waals surface area contributed by atoms with Gasteiger partial charge in [0.25, 0.3) is 5.91 Å². The van der Waals surface area contributed by atoms with E-state index < -0.39 is 23.9 Å². The predicted molar refractivity (Wildman–Crippen MR) is 108 cm³/mol. The van der Waals surface area contributed by atoms with Gasteiger partial charge >= 0.3 is 6.09 Å². The Morgan fingerprint density at radius 1 is 1.39 bits per heavy atom. The normalized spacial score (nSPS) is 15.6. The third kappa shape index (κ3) is 4.50. The summed E-state index contributed by atoms with van der Waals surface area (Å²) in [6, 6.07) is 4.22. The number of nitrogens with zero attached hydrogens (tertiary/aromatic N) is 5. The molecule has 4 rings (SSSR count). The predicted octanol–water partition coefficient (Wildman–Crippen LogP) is 1.58. The summed E-state index contributed by atoms with van der Waals surface area (Å²) >= 11 is 1.16. The van der Waals surface area contributed by atoms with Gasteiger partial charge in [0, 0.05) is 13.1 Å². The van der Waals surface area contributed by atoms with Crippen molar-refractivity contribution in [2.24, 2.45) is 0 Å². The molecule has 1 fully saturated rings. The van der Waals surface area contributed by atoms with Crippen molar-refractivity contribution >= 4 is 40.1 Å². The van der Waals surface area contributed by atoms with Crippen molar-refractivity contribution in [1.29, 1.82) is 0 Å². The standard InChI is InChI=1S/C18H16FN7O4S/c1-10(27)20-5-12-6-26(18(29)30-12)11-2-3-15(13(19)4-11)25-7-14(21-8-25)16(28)23-17-24-22-9-31-17/h2-4,7-9,12H,5-6H2,1H3,(H,20,27)(H,23,24,28)/t12-/m0/s1. The average Bonchev–Trinajstić information content (AvgIpc) is 3.47. The molecule has 3 heterocycles. The molecule has 1 aromatic carbocycles. The van der Waals surface area contributed by atoms with Crippen LogP contribution in [0, 0.1) is 5.82 Å². The minimum absolute atomic E-state index is 0.0719. The zero-order valence-electron chi connectivity index (χ0n) is 16.1. The third-order valence-corrected chi connectivity index (χ3v) is 4.98. The van der Waals surface area contributed by atoms with Gasteiger partial charge in [-0.1, -0.05) is 11.3 Å². The molecule has 1 aliphatic heterocycles. The Morgan fingerprint density at radius 2 is 2.23 bits per heavy atom. The number of amides is 3. The molecule has 0 radical (unpaired) electrons. The Bertz CT molecular complexity index is 1130. The van der Waals surface area contributed by atoms with Gasteiger partial charge in [-0.2, -0.15) is 0 Å². The number of anilines is 2. The lowest BCUT2D eigenvalue weighted by Gasteiger charge is -2.14. The van der Waals surface area contributed by atoms with Crippen molar-refractivity contribution in [2.75, 3.05) is 23.3 Å². The van der Waals surface area contributed by atoms with Crippen molar-refractivity contribution in [2.45, 2.75) is 13.0 Å². The highest BCUT2D eigenvalue weighted by Gasteiger charge is 2.32. The number of ether oxygens (including phenoxy) is 1. The fourth-order valence-electron chi connectivity index (χ4n) is 2.93. The molecule has 1 saturated heterocycles. The summed E-state index contributed by atoms with van der Waals surface area (Å²) in [6.45, 7) is 1.72. The van der Waals surface area contributed by atoms with Gasteiger partial charge < -0.3 is 14.6 Å². The number of rotatable bonds is 6. The molecule has 0 aliphatic carbocycles. The SMILES string of the molecule is CC(=O)NC[C@H]1CN(c2ccc(-n3cnc(C(=O)Nc4nncs4)c3)c(F)c2)C(=O)O1. The minimum atomic E-state index is -0.624. The zero-order valence-corrected chi connectivity index (χ0v) is 16.9. The summed E-state index contributed by atoms with van der Waals surface area (Å²) in [6.07, 6.45) is 1.53. The number of hydrogen-bond acceptors (Lipinski definition) is 8. The molecule has 0 bridgehead atoms. The van der Waals surface area contributed by atoms with Crippen LogP contribution in [-0.4, -0.2) is 56.8 Å². The number of imidazole rings is 1. The maximum Gasteiger partial charge on any atom is 0.414 e. The lowest BCUT2D eigenvalue weighted by atomic mass is 10.2. The second kappa shape index (κ2) is 8.47. The number of carbonyl (C=O) groups is 3. The molecule has 1 aliphatic rings. The second-order valence-electron chi connectivity index (χ2n) is 6.55. The maximum absolute atomic E-state index is 14.8. The number of benzene rings is 1. The van der Waals surface area contributed by atoms with Crippen molar-refractivity contribution in [3.05, 3.63) is 47.7 Å². The van der Waals surface area contributed by atoms with E-state index in [1.54, 1.807) is 6.07 Å². The minimum Gasteiger partial charge on any atom is -0.442 e. The first kappa shape index (κ1) is 20.4. The lowest BCUT2D eigenvalue weighted by Crippen LogP contribution is -2.33. The Labute approximate surface area is 178 Å². The Kier molecular flexibility index (Phi) is 5.58. The van der Waals surface area contributed by atoms with Crippen molar-refractivity contribution in [1.82, 2.24) is 25.1 Å². The van der Waals surface area contributed by atoms with E-state index in [2.05, 4.69) is 25.8 Å². The molecule has 3 amide bonds. The van der Waals surface area contributed by atoms with Gasteiger partial charge in [0.05, 0.1) is 24.5 Å². The highest BCUT2D eigenvalue weighted by molar-refractivity contribution is 7.13. The maximum atomic E-state index is 14.8. The van der Waals surface area contributed by atoms with Gasteiger partial charge in [0.2, 0.25) is 11.0 Å². The molecular weight excluding hydrogens is 429 g/mol. The number of nitrogens with one attached hydrogen (secondary N) is 2. The molecule has 0 unspecified atom stereocenters. The van der Waals surface area contributed by atoms with Crippen LogP contribution in [0.1, 0.15) is 17.4 Å². The summed E-state index contributed by atoms with van der Waals surface area (Å²) in [5.41, 5.74) is 2.01. The quantitative estimate of drug-likeness (QED) is 0.589. The van der Waals surface area contributed by atoms with E-state index in [0.29, 0.717) is 10.8 Å². The topological polar surface area (TPSA) is 131 Å². The van der Waals surface area contributed by atoms with E-state index >= 15 is 0 Å². The number of hydrogen-bond donors (Lipinski definition) is 2. The zero-order chi connectivity index (χ0) is 22.0. The number of cyclic esters (lactones) is 1. The van der Waals surface area contributed by atoms with Crippen molar-refractivity contribution in [3.63, 3.8) is 0 Å². The Morgan fingerprint density at radius 3 is 2.94 bits per heavy atom. The monoisotopic (exact) mass is 445 g/mol. The lowest BCUT2D eigenvalue weighted by molar-refractivity contribution is -0.119. The number of halogens is 1. The van der Waals surface area contributed by atoms with Gasteiger partial charge in [-0.15, -0.1) is 10.2 Å². The van der Waals surface area contributed by atoms with Gasteiger partial charge in [-0.3, -0.25) is 19.8 Å². The highest BCUT2D eigenvalue weighted by atomic mass is 32.1. The van der Waals surface area contributed by atoms with E-state index in [-0.39, 0.29) is 30.4 Å². The first-order valence-electron chi connectivity index (χ1n) is 9.04. The second-order valence-corrected chi connectivity index (χ2v) is 7.39. The van der Waals surface area contributed by atoms with Crippen LogP contribution in [0.2, 0.25) is 0 Å². The van der Waals surface area contributed by atoms with Gasteiger partial charge in [0.15, 0.2) is 0 Å². The van der Waals surface area contributed by atoms with E-state index in [9.17, 15) is 18.8 Å². The van der Waals surface area contributed by atoms with E-state index in [0.717, 1.165) is 11.3 Å². The Balaban J connectivity index is 1.47. The summed E-state index contributed by atoms with van der Waals surface area (Å²) in [4.78, 5) is 40.6. The molecule has 1 atom stereocenters. The van der Waals surface area contributed by atoms with Crippen molar-refractivity contribution in [3.8, 4) is 5.69 Å². The number of aromatic nitrogens is 4. The van der Waals surface area contributed by atoms with Gasteiger partial charge in [0.1, 0.15) is 29.5 Å². The number of carbonyl (C=O) groups excluding carboxylic acids is 3. The van der Waals surface area contributed by atoms with E-state index in [1.165, 1.54) is 46.6 Å². The summed E-state index contributed by atoms with van der Waals surface area (Å²) in [5.74, 6) is -1.36. The molecule has 3 aromatic rings. The van der Waals surface area contributed by atoms with Gasteiger partial charge in [-0.25, -0.2) is 14.2 Å². The molecule has 160 valence electrons. The van der Waals surface area contributed by atoms with E-state index in [1.807, 2.05) is 0 Å². The molecule has 31 heavy (non-hydrogen) atoms. The highest BCUT2D eigenvalue weighted by Crippen LogP contribution is 2.25. The smallest absolute Gasteiger partial charge is 0.414 e. The molecule has 13 heteroatoms. The first-order chi connectivity index (χ1) is 14.9. The molecule has 11 nitrogen and oxygen atoms in total. The van der Waals surface area contributed by atoms with Crippen LogP contribution in [0.4, 0.5) is 20.0 Å². The van der Waals surface area contributed by atoms with Crippen LogP contribution in [0.3, 0.4) is 0 Å². The first-order valence-corrected chi connectivity index (χ1v) is 9.92. The fourth-order valence-corrected chi connectivity index (χ4v) is 3.37. The largest absolute Gasteiger partial charge is 0.442 e. The fraction of sp³-hybridized carbons (Fsp3) is 0.222. The summed E-state index contributed by atoms with van der Waals surface area (Å²) in [5, 5.41) is 12.8. The molecule has 2 aromatic heterocycles. The molecule has 2 N–H and O–H groups in total. The van der Waals surface area contributed by atoms with Crippen LogP contribution in [-0.2, 0) is 9.53 Å². The molecular formula is C18H16FN7O4S.